The minimum absolute atomic E-state index is 0.0858. The first-order valence-electron chi connectivity index (χ1n) is 4.27. The van der Waals surface area contributed by atoms with Crippen LogP contribution in [0, 0.1) is 5.82 Å². The molecule has 1 rings (SSSR count). The van der Waals surface area contributed by atoms with Crippen LogP contribution in [0.3, 0.4) is 0 Å². The maximum absolute atomic E-state index is 13.4. The lowest BCUT2D eigenvalue weighted by molar-refractivity contribution is -0.142. The normalized spacial score (nSPS) is 12.0. The van der Waals surface area contributed by atoms with E-state index in [-0.39, 0.29) is 5.56 Å². The molecule has 0 aliphatic rings. The molecule has 0 bridgehead atoms. The third-order valence-corrected chi connectivity index (χ3v) is 2.00. The zero-order valence-electron chi connectivity index (χ0n) is 8.49. The molecule has 1 aromatic rings. The maximum atomic E-state index is 13.4. The Hall–Kier alpha value is -1.62. The van der Waals surface area contributed by atoms with Crippen LogP contribution in [-0.2, 0) is 9.53 Å². The number of benzene rings is 1. The Morgan fingerprint density at radius 2 is 2.13 bits per heavy atom. The highest BCUT2D eigenvalue weighted by atomic mass is 19.1. The number of hydrogen-bond acceptors (Lipinski definition) is 4. The Morgan fingerprint density at radius 1 is 1.47 bits per heavy atom. The molecule has 0 saturated carbocycles. The summed E-state index contributed by atoms with van der Waals surface area (Å²) >= 11 is 0. The van der Waals surface area contributed by atoms with Gasteiger partial charge in [-0.1, -0.05) is 6.07 Å². The van der Waals surface area contributed by atoms with E-state index in [1.807, 2.05) is 0 Å². The average molecular weight is 213 g/mol. The quantitative estimate of drug-likeness (QED) is 0.761. The van der Waals surface area contributed by atoms with Crippen LogP contribution in [-0.4, -0.2) is 20.2 Å². The van der Waals surface area contributed by atoms with Gasteiger partial charge in [0, 0.05) is 11.6 Å². The van der Waals surface area contributed by atoms with Crippen LogP contribution >= 0.6 is 0 Å². The molecule has 0 heterocycles. The largest absolute Gasteiger partial charge is 0.497 e. The van der Waals surface area contributed by atoms with Crippen LogP contribution < -0.4 is 10.5 Å². The Bertz CT molecular complexity index is 368. The fraction of sp³-hybridized carbons (Fsp3) is 0.300. The van der Waals surface area contributed by atoms with Gasteiger partial charge in [-0.25, -0.2) is 4.39 Å². The highest BCUT2D eigenvalue weighted by Gasteiger charge is 2.20. The zero-order chi connectivity index (χ0) is 11.4. The van der Waals surface area contributed by atoms with Crippen LogP contribution in [0.1, 0.15) is 11.6 Å². The van der Waals surface area contributed by atoms with E-state index in [1.54, 1.807) is 0 Å². The van der Waals surface area contributed by atoms with Gasteiger partial charge >= 0.3 is 5.97 Å². The molecule has 1 atom stereocenters. The molecule has 1 unspecified atom stereocenters. The molecule has 0 saturated heterocycles. The molecule has 0 aliphatic carbocycles. The SMILES string of the molecule is COC(=O)C(N)c1ccc(OC)cc1F. The van der Waals surface area contributed by atoms with Gasteiger partial charge in [0.25, 0.3) is 0 Å². The number of carbonyl (C=O) groups is 1. The standard InChI is InChI=1S/C10H12FNO3/c1-14-6-3-4-7(8(11)5-6)9(12)10(13)15-2/h3-5,9H,12H2,1-2H3. The van der Waals surface area contributed by atoms with Crippen LogP contribution in [0.4, 0.5) is 4.39 Å². The van der Waals surface area contributed by atoms with Crippen molar-refractivity contribution in [3.63, 3.8) is 0 Å². The second-order valence-electron chi connectivity index (χ2n) is 2.89. The molecule has 82 valence electrons. The van der Waals surface area contributed by atoms with Gasteiger partial charge in [-0.2, -0.15) is 0 Å². The van der Waals surface area contributed by atoms with Crippen LogP contribution in [0.15, 0.2) is 18.2 Å². The summed E-state index contributed by atoms with van der Waals surface area (Å²) in [7, 11) is 2.62. The van der Waals surface area contributed by atoms with Gasteiger partial charge in [0.15, 0.2) is 0 Å². The summed E-state index contributed by atoms with van der Waals surface area (Å²) in [4.78, 5) is 11.1. The molecule has 0 aromatic heterocycles. The van der Waals surface area contributed by atoms with Crippen molar-refractivity contribution in [3.8, 4) is 5.75 Å². The van der Waals surface area contributed by atoms with Crippen molar-refractivity contribution < 1.29 is 18.7 Å². The number of ether oxygens (including phenoxy) is 2. The van der Waals surface area contributed by atoms with Crippen LogP contribution in [0.25, 0.3) is 0 Å². The molecule has 2 N–H and O–H groups in total. The van der Waals surface area contributed by atoms with Crippen molar-refractivity contribution in [1.29, 1.82) is 0 Å². The van der Waals surface area contributed by atoms with E-state index >= 15 is 0 Å². The summed E-state index contributed by atoms with van der Waals surface area (Å²) in [6, 6.07) is 2.98. The van der Waals surface area contributed by atoms with Gasteiger partial charge in [0.1, 0.15) is 17.6 Å². The summed E-state index contributed by atoms with van der Waals surface area (Å²) in [6.45, 7) is 0. The minimum Gasteiger partial charge on any atom is -0.497 e. The Morgan fingerprint density at radius 3 is 2.60 bits per heavy atom. The van der Waals surface area contributed by atoms with Crippen molar-refractivity contribution >= 4 is 5.97 Å². The molecule has 0 amide bonds. The number of rotatable bonds is 3. The third kappa shape index (κ3) is 2.44. The van der Waals surface area contributed by atoms with Gasteiger partial charge in [-0.05, 0) is 6.07 Å². The number of methoxy groups -OCH3 is 2. The van der Waals surface area contributed by atoms with Crippen molar-refractivity contribution in [3.05, 3.63) is 29.6 Å². The van der Waals surface area contributed by atoms with Crippen molar-refractivity contribution in [2.45, 2.75) is 6.04 Å². The van der Waals surface area contributed by atoms with Gasteiger partial charge in [-0.15, -0.1) is 0 Å². The Labute approximate surface area is 86.8 Å². The summed E-state index contributed by atoms with van der Waals surface area (Å²) < 4.78 is 22.7. The number of hydrogen-bond donors (Lipinski definition) is 1. The Balaban J connectivity index is 3.00. The topological polar surface area (TPSA) is 61.5 Å². The predicted octanol–water partition coefficient (Wildman–Crippen LogP) is 1.01. The lowest BCUT2D eigenvalue weighted by Crippen LogP contribution is -2.23. The van der Waals surface area contributed by atoms with E-state index < -0.39 is 17.8 Å². The van der Waals surface area contributed by atoms with Crippen molar-refractivity contribution in [2.75, 3.05) is 14.2 Å². The molecule has 0 radical (unpaired) electrons. The lowest BCUT2D eigenvalue weighted by Gasteiger charge is -2.11. The third-order valence-electron chi connectivity index (χ3n) is 2.00. The highest BCUT2D eigenvalue weighted by molar-refractivity contribution is 5.77. The molecule has 0 spiro atoms. The highest BCUT2D eigenvalue weighted by Crippen LogP contribution is 2.21. The first-order chi connectivity index (χ1) is 7.10. The maximum Gasteiger partial charge on any atom is 0.327 e. The zero-order valence-corrected chi connectivity index (χ0v) is 8.49. The van der Waals surface area contributed by atoms with Crippen LogP contribution in [0.5, 0.6) is 5.75 Å². The molecular weight excluding hydrogens is 201 g/mol. The second kappa shape index (κ2) is 4.75. The molecule has 0 aliphatic heterocycles. The molecular formula is C10H12FNO3. The van der Waals surface area contributed by atoms with Gasteiger partial charge in [-0.3, -0.25) is 4.79 Å². The summed E-state index contributed by atoms with van der Waals surface area (Å²) in [5.41, 5.74) is 5.57. The molecule has 5 heteroatoms. The molecule has 4 nitrogen and oxygen atoms in total. The van der Waals surface area contributed by atoms with E-state index in [0.29, 0.717) is 5.75 Å². The smallest absolute Gasteiger partial charge is 0.327 e. The molecule has 1 aromatic carbocycles. The fourth-order valence-electron chi connectivity index (χ4n) is 1.14. The first-order valence-corrected chi connectivity index (χ1v) is 4.27. The van der Waals surface area contributed by atoms with E-state index in [2.05, 4.69) is 4.74 Å². The molecule has 0 fully saturated rings. The number of halogens is 1. The van der Waals surface area contributed by atoms with Gasteiger partial charge in [0.05, 0.1) is 14.2 Å². The summed E-state index contributed by atoms with van der Waals surface area (Å²) in [6.07, 6.45) is 0. The number of carbonyl (C=O) groups excluding carboxylic acids is 1. The van der Waals surface area contributed by atoms with E-state index in [9.17, 15) is 9.18 Å². The predicted molar refractivity (Wildman–Crippen MR) is 51.9 cm³/mol. The van der Waals surface area contributed by atoms with E-state index in [1.165, 1.54) is 26.4 Å². The fourth-order valence-corrected chi connectivity index (χ4v) is 1.14. The number of nitrogens with two attached hydrogens (primary N) is 1. The minimum atomic E-state index is -1.11. The first kappa shape index (κ1) is 11.5. The van der Waals surface area contributed by atoms with Gasteiger partial charge in [0.2, 0.25) is 0 Å². The van der Waals surface area contributed by atoms with Crippen molar-refractivity contribution in [2.24, 2.45) is 5.73 Å². The molecule has 15 heavy (non-hydrogen) atoms. The Kier molecular flexibility index (Phi) is 3.62. The number of esters is 1. The van der Waals surface area contributed by atoms with Crippen LogP contribution in [0.2, 0.25) is 0 Å². The van der Waals surface area contributed by atoms with E-state index in [4.69, 9.17) is 10.5 Å². The summed E-state index contributed by atoms with van der Waals surface area (Å²) in [5.74, 6) is -0.903. The van der Waals surface area contributed by atoms with E-state index in [0.717, 1.165) is 6.07 Å². The van der Waals surface area contributed by atoms with Crippen molar-refractivity contribution in [1.82, 2.24) is 0 Å². The monoisotopic (exact) mass is 213 g/mol. The van der Waals surface area contributed by atoms with Gasteiger partial charge < -0.3 is 15.2 Å². The summed E-state index contributed by atoms with van der Waals surface area (Å²) in [5, 5.41) is 0. The average Bonchev–Trinajstić information content (AvgIpc) is 2.26. The lowest BCUT2D eigenvalue weighted by atomic mass is 10.1. The second-order valence-corrected chi connectivity index (χ2v) is 2.89.